The van der Waals surface area contributed by atoms with Crippen molar-refractivity contribution in [3.8, 4) is 0 Å². The van der Waals surface area contributed by atoms with Crippen LogP contribution in [-0.2, 0) is 0 Å². The molecule has 1 aliphatic heterocycles. The Kier molecular flexibility index (Phi) is 2.82. The van der Waals surface area contributed by atoms with Crippen molar-refractivity contribution in [2.24, 2.45) is 0 Å². The summed E-state index contributed by atoms with van der Waals surface area (Å²) in [6, 6.07) is 6.22. The van der Waals surface area contributed by atoms with Gasteiger partial charge in [0.1, 0.15) is 0 Å². The van der Waals surface area contributed by atoms with Crippen molar-refractivity contribution < 1.29 is 0 Å². The number of aromatic nitrogens is 1. The summed E-state index contributed by atoms with van der Waals surface area (Å²) in [7, 11) is 2.14. The van der Waals surface area contributed by atoms with Crippen LogP contribution < -0.4 is 5.32 Å². The van der Waals surface area contributed by atoms with Crippen molar-refractivity contribution in [1.29, 1.82) is 0 Å². The van der Waals surface area contributed by atoms with E-state index in [1.807, 2.05) is 18.2 Å². The minimum atomic E-state index is 0.265. The lowest BCUT2D eigenvalue weighted by Gasteiger charge is -2.29. The summed E-state index contributed by atoms with van der Waals surface area (Å²) < 4.78 is 0. The molecule has 89 valence electrons. The topological polar surface area (TPSA) is 33.1 Å². The molecule has 1 N–H and O–H groups in total. The molecular weight excluding hydrogens is 234 g/mol. The molecule has 2 aromatic rings. The summed E-state index contributed by atoms with van der Waals surface area (Å²) in [6.45, 7) is 2.95. The van der Waals surface area contributed by atoms with Crippen molar-refractivity contribution in [2.75, 3.05) is 26.7 Å². The average Bonchev–Trinajstić information content (AvgIpc) is 2.71. The van der Waals surface area contributed by atoms with E-state index in [0.29, 0.717) is 0 Å². The lowest BCUT2D eigenvalue weighted by molar-refractivity contribution is 0.237. The highest BCUT2D eigenvalue weighted by molar-refractivity contribution is 6.31. The number of nitrogens with zero attached hydrogens (tertiary/aromatic N) is 2. The second-order valence-corrected chi connectivity index (χ2v) is 5.05. The summed E-state index contributed by atoms with van der Waals surface area (Å²) in [6.07, 6.45) is 2.06. The van der Waals surface area contributed by atoms with Gasteiger partial charge in [-0.05, 0) is 30.8 Å². The summed E-state index contributed by atoms with van der Waals surface area (Å²) in [4.78, 5) is 5.61. The molecular formula is C13H15ClN3. The van der Waals surface area contributed by atoms with Gasteiger partial charge in [0.05, 0.1) is 6.04 Å². The van der Waals surface area contributed by atoms with Crippen LogP contribution in [0.25, 0.3) is 10.9 Å². The molecule has 1 atom stereocenters. The van der Waals surface area contributed by atoms with Crippen molar-refractivity contribution in [3.63, 3.8) is 0 Å². The third-order valence-electron chi connectivity index (χ3n) is 3.35. The maximum atomic E-state index is 6.06. The normalized spacial score (nSPS) is 22.1. The minimum absolute atomic E-state index is 0.265. The molecule has 0 amide bonds. The van der Waals surface area contributed by atoms with Gasteiger partial charge in [-0.1, -0.05) is 11.6 Å². The molecule has 0 saturated carbocycles. The van der Waals surface area contributed by atoms with Gasteiger partial charge in [-0.2, -0.15) is 0 Å². The Balaban J connectivity index is 2.01. The zero-order chi connectivity index (χ0) is 11.8. The quantitative estimate of drug-likeness (QED) is 0.826. The molecule has 1 aromatic heterocycles. The van der Waals surface area contributed by atoms with Gasteiger partial charge in [-0.15, -0.1) is 0 Å². The van der Waals surface area contributed by atoms with E-state index in [2.05, 4.69) is 23.1 Å². The van der Waals surface area contributed by atoms with E-state index in [9.17, 15) is 0 Å². The van der Waals surface area contributed by atoms with Crippen LogP contribution in [-0.4, -0.2) is 36.6 Å². The first kappa shape index (κ1) is 11.1. The maximum absolute atomic E-state index is 6.06. The number of piperazine rings is 1. The molecule has 2 heterocycles. The number of hydrogen-bond donors (Lipinski definition) is 1. The van der Waals surface area contributed by atoms with Crippen LogP contribution in [0.3, 0.4) is 0 Å². The first-order valence-corrected chi connectivity index (χ1v) is 6.23. The van der Waals surface area contributed by atoms with Gasteiger partial charge in [0.2, 0.25) is 0 Å². The van der Waals surface area contributed by atoms with E-state index in [4.69, 9.17) is 16.9 Å². The first-order valence-electron chi connectivity index (χ1n) is 5.86. The number of halogens is 1. The summed E-state index contributed by atoms with van der Waals surface area (Å²) in [5.41, 5.74) is 2.39. The van der Waals surface area contributed by atoms with E-state index in [-0.39, 0.29) is 6.04 Å². The van der Waals surface area contributed by atoms with Crippen LogP contribution in [0, 0.1) is 0 Å². The Morgan fingerprint density at radius 2 is 2.35 bits per heavy atom. The minimum Gasteiger partial charge on any atom is -0.361 e. The third-order valence-corrected chi connectivity index (χ3v) is 3.59. The average molecular weight is 249 g/mol. The van der Waals surface area contributed by atoms with Crippen LogP contribution in [0.15, 0.2) is 24.4 Å². The molecule has 17 heavy (non-hydrogen) atoms. The molecule has 0 bridgehead atoms. The fourth-order valence-electron chi connectivity index (χ4n) is 2.42. The predicted molar refractivity (Wildman–Crippen MR) is 70.5 cm³/mol. The molecule has 1 fully saturated rings. The molecule has 3 rings (SSSR count). The third kappa shape index (κ3) is 2.06. The van der Waals surface area contributed by atoms with Gasteiger partial charge in [0.15, 0.2) is 0 Å². The molecule has 1 aromatic carbocycles. The smallest absolute Gasteiger partial charge is 0.0643 e. The number of likely N-dealkylation sites (N-methyl/N-ethyl adjacent to an activating group) is 1. The van der Waals surface area contributed by atoms with Crippen LogP contribution in [0.2, 0.25) is 5.02 Å². The highest BCUT2D eigenvalue weighted by Crippen LogP contribution is 2.28. The Bertz CT molecular complexity index is 534. The zero-order valence-corrected chi connectivity index (χ0v) is 10.5. The van der Waals surface area contributed by atoms with Gasteiger partial charge in [0.25, 0.3) is 0 Å². The first-order chi connectivity index (χ1) is 8.24. The van der Waals surface area contributed by atoms with E-state index >= 15 is 0 Å². The monoisotopic (exact) mass is 248 g/mol. The molecule has 3 nitrogen and oxygen atoms in total. The molecule has 1 unspecified atom stereocenters. The summed E-state index contributed by atoms with van der Waals surface area (Å²) in [5, 5.41) is 6.67. The van der Waals surface area contributed by atoms with E-state index < -0.39 is 0 Å². The standard InChI is InChI=1S/C13H15ClN3/c1-17-5-4-15-13(8-17)11-7-16-12-3-2-9(14)6-10(11)12/h2-3,6-7,13,16H,4-5,8H2,1H3. The number of fused-ring (bicyclic) bond motifs is 1. The van der Waals surface area contributed by atoms with Gasteiger partial charge >= 0.3 is 0 Å². The number of rotatable bonds is 1. The maximum Gasteiger partial charge on any atom is 0.0643 e. The number of benzene rings is 1. The number of aromatic amines is 1. The van der Waals surface area contributed by atoms with Crippen molar-refractivity contribution >= 4 is 22.5 Å². The highest BCUT2D eigenvalue weighted by Gasteiger charge is 2.22. The van der Waals surface area contributed by atoms with Crippen molar-refractivity contribution in [3.05, 3.63) is 35.0 Å². The second kappa shape index (κ2) is 4.33. The number of hydrogen-bond acceptors (Lipinski definition) is 1. The number of nitrogens with one attached hydrogen (secondary N) is 1. The molecule has 0 aliphatic carbocycles. The van der Waals surface area contributed by atoms with E-state index in [0.717, 1.165) is 30.2 Å². The molecule has 1 radical (unpaired) electrons. The molecule has 0 spiro atoms. The van der Waals surface area contributed by atoms with Crippen LogP contribution >= 0.6 is 11.6 Å². The lowest BCUT2D eigenvalue weighted by atomic mass is 10.0. The Morgan fingerprint density at radius 3 is 3.18 bits per heavy atom. The Morgan fingerprint density at radius 1 is 1.47 bits per heavy atom. The Hall–Kier alpha value is -1.03. The van der Waals surface area contributed by atoms with Gasteiger partial charge in [-0.25, -0.2) is 5.32 Å². The fourth-order valence-corrected chi connectivity index (χ4v) is 2.59. The predicted octanol–water partition coefficient (Wildman–Crippen LogP) is 2.41. The van der Waals surface area contributed by atoms with Gasteiger partial charge in [-0.3, -0.25) is 0 Å². The highest BCUT2D eigenvalue weighted by atomic mass is 35.5. The largest absolute Gasteiger partial charge is 0.361 e. The van der Waals surface area contributed by atoms with Crippen LogP contribution in [0.4, 0.5) is 0 Å². The molecule has 1 aliphatic rings. The van der Waals surface area contributed by atoms with Crippen LogP contribution in [0.5, 0.6) is 0 Å². The Labute approximate surface area is 106 Å². The fraction of sp³-hybridized carbons (Fsp3) is 0.385. The molecule has 4 heteroatoms. The summed E-state index contributed by atoms with van der Waals surface area (Å²) in [5.74, 6) is 0. The van der Waals surface area contributed by atoms with Gasteiger partial charge in [0, 0.05) is 41.8 Å². The van der Waals surface area contributed by atoms with Crippen molar-refractivity contribution in [1.82, 2.24) is 15.2 Å². The second-order valence-electron chi connectivity index (χ2n) is 4.62. The van der Waals surface area contributed by atoms with Crippen molar-refractivity contribution in [2.45, 2.75) is 6.04 Å². The van der Waals surface area contributed by atoms with Crippen LogP contribution in [0.1, 0.15) is 11.6 Å². The summed E-state index contributed by atoms with van der Waals surface area (Å²) >= 11 is 6.06. The van der Waals surface area contributed by atoms with E-state index in [1.54, 1.807) is 0 Å². The SMILES string of the molecule is CN1CC[N]C(c2c[nH]c3ccc(Cl)cc23)C1. The molecule has 1 saturated heterocycles. The zero-order valence-electron chi connectivity index (χ0n) is 9.78. The van der Waals surface area contributed by atoms with Gasteiger partial charge < -0.3 is 9.88 Å². The number of H-pyrrole nitrogens is 1. The van der Waals surface area contributed by atoms with E-state index in [1.165, 1.54) is 10.9 Å². The lowest BCUT2D eigenvalue weighted by Crippen LogP contribution is -2.39.